The van der Waals surface area contributed by atoms with E-state index in [2.05, 4.69) is 10.4 Å². The molecular weight excluding hydrogens is 348 g/mol. The molecule has 0 spiro atoms. The number of amides is 2. The highest BCUT2D eigenvalue weighted by Crippen LogP contribution is 2.22. The fourth-order valence-electron chi connectivity index (χ4n) is 2.65. The summed E-state index contributed by atoms with van der Waals surface area (Å²) in [7, 11) is 0. The van der Waals surface area contributed by atoms with Crippen molar-refractivity contribution in [2.75, 3.05) is 5.32 Å². The molecule has 1 atom stereocenters. The first-order valence-corrected chi connectivity index (χ1v) is 8.21. The fourth-order valence-corrected chi connectivity index (χ4v) is 2.65. The predicted molar refractivity (Wildman–Crippen MR) is 99.4 cm³/mol. The average Bonchev–Trinajstić information content (AvgIpc) is 3.04. The van der Waals surface area contributed by atoms with Crippen LogP contribution in [-0.4, -0.2) is 33.7 Å². The van der Waals surface area contributed by atoms with Crippen molar-refractivity contribution in [3.63, 3.8) is 0 Å². The van der Waals surface area contributed by atoms with Gasteiger partial charge in [0.25, 0.3) is 5.91 Å². The summed E-state index contributed by atoms with van der Waals surface area (Å²) in [5.41, 5.74) is 7.75. The van der Waals surface area contributed by atoms with Gasteiger partial charge >= 0.3 is 5.97 Å². The number of primary amides is 1. The van der Waals surface area contributed by atoms with Crippen molar-refractivity contribution < 1.29 is 19.1 Å². The van der Waals surface area contributed by atoms with Gasteiger partial charge in [0.1, 0.15) is 0 Å². The Morgan fingerprint density at radius 2 is 1.96 bits per heavy atom. The van der Waals surface area contributed by atoms with E-state index in [-0.39, 0.29) is 0 Å². The van der Waals surface area contributed by atoms with Gasteiger partial charge in [0.2, 0.25) is 5.91 Å². The number of esters is 1. The van der Waals surface area contributed by atoms with Crippen LogP contribution in [0.3, 0.4) is 0 Å². The van der Waals surface area contributed by atoms with Crippen molar-refractivity contribution in [2.24, 2.45) is 5.73 Å². The predicted octanol–water partition coefficient (Wildman–Crippen LogP) is 2.01. The maximum Gasteiger partial charge on any atom is 0.303 e. The number of aromatic nitrogens is 2. The van der Waals surface area contributed by atoms with Gasteiger partial charge < -0.3 is 15.8 Å². The quantitative estimate of drug-likeness (QED) is 0.670. The maximum absolute atomic E-state index is 12.1. The van der Waals surface area contributed by atoms with Crippen molar-refractivity contribution in [1.29, 1.82) is 0 Å². The summed E-state index contributed by atoms with van der Waals surface area (Å²) in [6, 6.07) is 12.1. The lowest BCUT2D eigenvalue weighted by molar-refractivity contribution is -0.150. The van der Waals surface area contributed by atoms with E-state index in [0.717, 1.165) is 16.6 Å². The molecule has 3 N–H and O–H groups in total. The molecular formula is C19H18N4O4. The van der Waals surface area contributed by atoms with Crippen molar-refractivity contribution in [3.05, 3.63) is 54.2 Å². The highest BCUT2D eigenvalue weighted by Gasteiger charge is 2.16. The van der Waals surface area contributed by atoms with Crippen LogP contribution in [-0.2, 0) is 14.3 Å². The number of nitrogens with two attached hydrogens (primary N) is 1. The monoisotopic (exact) mass is 366 g/mol. The third-order valence-corrected chi connectivity index (χ3v) is 3.92. The van der Waals surface area contributed by atoms with E-state index in [9.17, 15) is 14.4 Å². The lowest BCUT2D eigenvalue weighted by Gasteiger charge is -2.13. The number of fused-ring (bicyclic) bond motifs is 1. The highest BCUT2D eigenvalue weighted by atomic mass is 16.5. The molecule has 0 fully saturated rings. The van der Waals surface area contributed by atoms with E-state index >= 15 is 0 Å². The Labute approximate surface area is 154 Å². The van der Waals surface area contributed by atoms with E-state index in [0.29, 0.717) is 11.3 Å². The molecule has 0 aliphatic rings. The van der Waals surface area contributed by atoms with Crippen LogP contribution in [0.15, 0.2) is 48.7 Å². The van der Waals surface area contributed by atoms with Crippen LogP contribution < -0.4 is 11.1 Å². The summed E-state index contributed by atoms with van der Waals surface area (Å²) in [5, 5.41) is 7.81. The summed E-state index contributed by atoms with van der Waals surface area (Å²) in [4.78, 5) is 34.4. The minimum Gasteiger partial charge on any atom is -0.453 e. The van der Waals surface area contributed by atoms with E-state index in [1.165, 1.54) is 13.8 Å². The molecule has 0 saturated carbocycles. The molecule has 0 radical (unpaired) electrons. The molecule has 0 bridgehead atoms. The Hall–Kier alpha value is -3.68. The zero-order valence-electron chi connectivity index (χ0n) is 14.8. The van der Waals surface area contributed by atoms with Crippen LogP contribution >= 0.6 is 0 Å². The zero-order valence-corrected chi connectivity index (χ0v) is 14.8. The van der Waals surface area contributed by atoms with Crippen molar-refractivity contribution in [2.45, 2.75) is 20.0 Å². The first-order chi connectivity index (χ1) is 12.8. The Bertz CT molecular complexity index is 1040. The number of ether oxygens (including phenoxy) is 1. The molecule has 27 heavy (non-hydrogen) atoms. The molecule has 0 aliphatic heterocycles. The molecule has 3 aromatic rings. The van der Waals surface area contributed by atoms with Crippen molar-refractivity contribution >= 4 is 34.4 Å². The second kappa shape index (κ2) is 7.28. The first-order valence-electron chi connectivity index (χ1n) is 8.21. The molecule has 0 aliphatic carbocycles. The zero-order chi connectivity index (χ0) is 19.6. The lowest BCUT2D eigenvalue weighted by Crippen LogP contribution is -2.29. The summed E-state index contributed by atoms with van der Waals surface area (Å²) < 4.78 is 6.55. The van der Waals surface area contributed by atoms with Crippen LogP contribution in [0.2, 0.25) is 0 Å². The fraction of sp³-hybridized carbons (Fsp3) is 0.158. The molecule has 8 nitrogen and oxygen atoms in total. The number of carbonyl (C=O) groups excluding carboxylic acids is 3. The molecule has 0 saturated heterocycles. The van der Waals surface area contributed by atoms with Gasteiger partial charge in [-0.3, -0.25) is 14.4 Å². The summed E-state index contributed by atoms with van der Waals surface area (Å²) in [5.74, 6) is -1.46. The van der Waals surface area contributed by atoms with E-state index in [4.69, 9.17) is 10.5 Å². The van der Waals surface area contributed by atoms with Gasteiger partial charge in [-0.2, -0.15) is 5.10 Å². The van der Waals surface area contributed by atoms with Crippen molar-refractivity contribution in [1.82, 2.24) is 9.78 Å². The van der Waals surface area contributed by atoms with Gasteiger partial charge in [-0.15, -0.1) is 0 Å². The van der Waals surface area contributed by atoms with Crippen LogP contribution in [0.25, 0.3) is 16.6 Å². The second-order valence-electron chi connectivity index (χ2n) is 5.99. The number of hydrogen-bond donors (Lipinski definition) is 2. The number of nitrogens with one attached hydrogen (secondary N) is 1. The number of hydrogen-bond acceptors (Lipinski definition) is 5. The number of benzene rings is 2. The topological polar surface area (TPSA) is 116 Å². The standard InChI is InChI=1S/C19H18N4O4/c1-11(27-12(2)24)19(26)22-15-4-3-5-16(9-15)23-17-7-6-13(18(20)25)8-14(17)10-21-23/h3-11H,1-2H3,(H2,20,25)(H,22,26)/t11-/m0/s1. The normalized spacial score (nSPS) is 11.8. The van der Waals surface area contributed by atoms with Crippen LogP contribution in [0.1, 0.15) is 24.2 Å². The van der Waals surface area contributed by atoms with Gasteiger partial charge in [0.05, 0.1) is 17.4 Å². The molecule has 1 aromatic heterocycles. The molecule has 1 heterocycles. The van der Waals surface area contributed by atoms with E-state index < -0.39 is 23.9 Å². The smallest absolute Gasteiger partial charge is 0.303 e. The van der Waals surface area contributed by atoms with Crippen LogP contribution in [0.4, 0.5) is 5.69 Å². The molecule has 3 rings (SSSR count). The number of rotatable bonds is 5. The molecule has 8 heteroatoms. The molecule has 2 amide bonds. The highest BCUT2D eigenvalue weighted by molar-refractivity contribution is 5.97. The van der Waals surface area contributed by atoms with Gasteiger partial charge in [-0.05, 0) is 43.3 Å². The third kappa shape index (κ3) is 3.95. The van der Waals surface area contributed by atoms with Crippen molar-refractivity contribution in [3.8, 4) is 5.69 Å². The average molecular weight is 366 g/mol. The number of carbonyl (C=O) groups is 3. The van der Waals surface area contributed by atoms with Gasteiger partial charge in [0, 0.05) is 23.6 Å². The Balaban J connectivity index is 1.87. The van der Waals surface area contributed by atoms with Gasteiger partial charge in [-0.1, -0.05) is 6.07 Å². The minimum atomic E-state index is -0.899. The summed E-state index contributed by atoms with van der Waals surface area (Å²) in [6.45, 7) is 2.74. The van der Waals surface area contributed by atoms with E-state index in [1.54, 1.807) is 47.3 Å². The third-order valence-electron chi connectivity index (χ3n) is 3.92. The molecule has 0 unspecified atom stereocenters. The van der Waals surface area contributed by atoms with Crippen LogP contribution in [0, 0.1) is 0 Å². The Morgan fingerprint density at radius 1 is 1.19 bits per heavy atom. The van der Waals surface area contributed by atoms with Gasteiger partial charge in [-0.25, -0.2) is 4.68 Å². The SMILES string of the molecule is CC(=O)O[C@@H](C)C(=O)Nc1cccc(-n2ncc3cc(C(N)=O)ccc32)c1. The minimum absolute atomic E-state index is 0.405. The molecule has 138 valence electrons. The summed E-state index contributed by atoms with van der Waals surface area (Å²) >= 11 is 0. The Morgan fingerprint density at radius 3 is 2.67 bits per heavy atom. The van der Waals surface area contributed by atoms with Gasteiger partial charge in [0.15, 0.2) is 6.10 Å². The lowest BCUT2D eigenvalue weighted by atomic mass is 10.1. The largest absolute Gasteiger partial charge is 0.453 e. The number of anilines is 1. The Kier molecular flexibility index (Phi) is 4.89. The molecule has 2 aromatic carbocycles. The van der Waals surface area contributed by atoms with E-state index in [1.807, 2.05) is 6.07 Å². The second-order valence-corrected chi connectivity index (χ2v) is 5.99. The first kappa shape index (κ1) is 18.1. The number of nitrogens with zero attached hydrogens (tertiary/aromatic N) is 2. The summed E-state index contributed by atoms with van der Waals surface area (Å²) in [6.07, 6.45) is 0.736. The van der Waals surface area contributed by atoms with Crippen LogP contribution in [0.5, 0.6) is 0 Å². The maximum atomic E-state index is 12.1.